The number of furan rings is 1. The van der Waals surface area contributed by atoms with Crippen LogP contribution in [0.3, 0.4) is 0 Å². The van der Waals surface area contributed by atoms with Gasteiger partial charge in [0.2, 0.25) is 0 Å². The zero-order valence-electron chi connectivity index (χ0n) is 11.1. The number of aryl methyl sites for hydroxylation is 1. The van der Waals surface area contributed by atoms with Gasteiger partial charge in [0.15, 0.2) is 0 Å². The highest BCUT2D eigenvalue weighted by atomic mass is 79.9. The Hall–Kier alpha value is -1.46. The van der Waals surface area contributed by atoms with Gasteiger partial charge in [-0.3, -0.25) is 0 Å². The molecule has 1 unspecified atom stereocenters. The topological polar surface area (TPSA) is 57.6 Å². The summed E-state index contributed by atoms with van der Waals surface area (Å²) in [6, 6.07) is 5.27. The van der Waals surface area contributed by atoms with Gasteiger partial charge in [-0.2, -0.15) is 0 Å². The van der Waals surface area contributed by atoms with Gasteiger partial charge in [0.1, 0.15) is 17.3 Å². The summed E-state index contributed by atoms with van der Waals surface area (Å²) in [7, 11) is 3.23. The monoisotopic (exact) mass is 325 g/mol. The lowest BCUT2D eigenvalue weighted by molar-refractivity contribution is 0.395. The number of nitrogens with two attached hydrogens (primary N) is 1. The Labute approximate surface area is 120 Å². The van der Waals surface area contributed by atoms with Crippen molar-refractivity contribution in [1.29, 1.82) is 0 Å². The van der Waals surface area contributed by atoms with Crippen LogP contribution in [0.2, 0.25) is 0 Å². The fourth-order valence-electron chi connectivity index (χ4n) is 2.01. The molecule has 2 N–H and O–H groups in total. The molecule has 102 valence electrons. The van der Waals surface area contributed by atoms with Crippen molar-refractivity contribution in [3.05, 3.63) is 45.8 Å². The molecule has 0 bridgehead atoms. The highest BCUT2D eigenvalue weighted by Crippen LogP contribution is 2.37. The van der Waals surface area contributed by atoms with Crippen molar-refractivity contribution in [3.63, 3.8) is 0 Å². The van der Waals surface area contributed by atoms with E-state index in [2.05, 4.69) is 15.9 Å². The molecule has 19 heavy (non-hydrogen) atoms. The van der Waals surface area contributed by atoms with Crippen LogP contribution >= 0.6 is 15.9 Å². The summed E-state index contributed by atoms with van der Waals surface area (Å²) in [5, 5.41) is 0. The maximum atomic E-state index is 6.30. The lowest BCUT2D eigenvalue weighted by atomic mass is 9.99. The molecule has 1 aromatic heterocycles. The summed E-state index contributed by atoms with van der Waals surface area (Å²) < 4.78 is 16.8. The third kappa shape index (κ3) is 2.62. The van der Waals surface area contributed by atoms with Crippen molar-refractivity contribution >= 4 is 15.9 Å². The van der Waals surface area contributed by atoms with Crippen LogP contribution in [-0.4, -0.2) is 14.2 Å². The lowest BCUT2D eigenvalue weighted by Crippen LogP contribution is -2.13. The Morgan fingerprint density at radius 2 is 1.84 bits per heavy atom. The fourth-order valence-corrected chi connectivity index (χ4v) is 2.50. The van der Waals surface area contributed by atoms with Crippen molar-refractivity contribution < 1.29 is 13.9 Å². The Morgan fingerprint density at radius 1 is 1.16 bits per heavy atom. The summed E-state index contributed by atoms with van der Waals surface area (Å²) in [6.45, 7) is 1.89. The van der Waals surface area contributed by atoms with E-state index in [1.165, 1.54) is 0 Å². The summed E-state index contributed by atoms with van der Waals surface area (Å²) in [4.78, 5) is 0. The van der Waals surface area contributed by atoms with Crippen LogP contribution in [0.5, 0.6) is 11.5 Å². The van der Waals surface area contributed by atoms with Crippen LogP contribution in [0.4, 0.5) is 0 Å². The second-order valence-electron chi connectivity index (χ2n) is 4.14. The van der Waals surface area contributed by atoms with Crippen LogP contribution in [0.15, 0.2) is 33.4 Å². The van der Waals surface area contributed by atoms with Crippen molar-refractivity contribution in [3.8, 4) is 11.5 Å². The average molecular weight is 326 g/mol. The predicted molar refractivity (Wildman–Crippen MR) is 76.7 cm³/mol. The zero-order chi connectivity index (χ0) is 14.0. The molecule has 0 saturated heterocycles. The van der Waals surface area contributed by atoms with E-state index in [9.17, 15) is 0 Å². The van der Waals surface area contributed by atoms with Crippen LogP contribution < -0.4 is 15.2 Å². The third-order valence-electron chi connectivity index (χ3n) is 3.07. The first-order chi connectivity index (χ1) is 9.08. The second-order valence-corrected chi connectivity index (χ2v) is 4.99. The van der Waals surface area contributed by atoms with E-state index >= 15 is 0 Å². The minimum absolute atomic E-state index is 0.323. The number of halogens is 1. The summed E-state index contributed by atoms with van der Waals surface area (Å²) in [5.41, 5.74) is 8.09. The first-order valence-corrected chi connectivity index (χ1v) is 6.58. The van der Waals surface area contributed by atoms with E-state index in [-0.39, 0.29) is 6.04 Å². The maximum absolute atomic E-state index is 6.30. The second kappa shape index (κ2) is 5.67. The molecule has 1 atom stereocenters. The van der Waals surface area contributed by atoms with Crippen LogP contribution in [-0.2, 0) is 0 Å². The largest absolute Gasteiger partial charge is 0.496 e. The van der Waals surface area contributed by atoms with Gasteiger partial charge < -0.3 is 19.6 Å². The van der Waals surface area contributed by atoms with Gasteiger partial charge in [-0.1, -0.05) is 0 Å². The van der Waals surface area contributed by atoms with E-state index in [4.69, 9.17) is 19.6 Å². The van der Waals surface area contributed by atoms with Gasteiger partial charge in [-0.05, 0) is 41.1 Å². The van der Waals surface area contributed by atoms with Crippen molar-refractivity contribution in [2.75, 3.05) is 14.2 Å². The molecule has 4 nitrogen and oxygen atoms in total. The SMILES string of the molecule is COc1cc(C(N)c2ccoc2C)c(OC)cc1Br. The van der Waals surface area contributed by atoms with E-state index in [1.807, 2.05) is 25.1 Å². The standard InChI is InChI=1S/C14H16BrNO3/c1-8-9(4-5-19-8)14(16)10-6-13(18-3)11(15)7-12(10)17-2/h4-7,14H,16H2,1-3H3. The Morgan fingerprint density at radius 3 is 2.37 bits per heavy atom. The number of hydrogen-bond donors (Lipinski definition) is 1. The molecule has 0 saturated carbocycles. The molecule has 0 aliphatic heterocycles. The van der Waals surface area contributed by atoms with E-state index in [1.54, 1.807) is 20.5 Å². The molecule has 1 aromatic carbocycles. The van der Waals surface area contributed by atoms with Gasteiger partial charge in [-0.15, -0.1) is 0 Å². The lowest BCUT2D eigenvalue weighted by Gasteiger charge is -2.17. The zero-order valence-corrected chi connectivity index (χ0v) is 12.7. The molecule has 0 aliphatic carbocycles. The first-order valence-electron chi connectivity index (χ1n) is 5.79. The normalized spacial score (nSPS) is 12.3. The molecule has 0 aliphatic rings. The molecular formula is C14H16BrNO3. The highest BCUT2D eigenvalue weighted by Gasteiger charge is 2.20. The van der Waals surface area contributed by atoms with Crippen molar-refractivity contribution in [2.24, 2.45) is 5.73 Å². The molecule has 2 aromatic rings. The van der Waals surface area contributed by atoms with Gasteiger partial charge >= 0.3 is 0 Å². The number of rotatable bonds is 4. The summed E-state index contributed by atoms with van der Waals surface area (Å²) >= 11 is 3.43. The minimum atomic E-state index is -0.323. The first kappa shape index (κ1) is 14.0. The third-order valence-corrected chi connectivity index (χ3v) is 3.69. The smallest absolute Gasteiger partial charge is 0.133 e. The summed E-state index contributed by atoms with van der Waals surface area (Å²) in [6.07, 6.45) is 1.63. The molecule has 0 amide bonds. The molecule has 1 heterocycles. The van der Waals surface area contributed by atoms with Crippen LogP contribution in [0, 0.1) is 6.92 Å². The average Bonchev–Trinajstić information content (AvgIpc) is 2.83. The molecule has 5 heteroatoms. The van der Waals surface area contributed by atoms with E-state index in [0.29, 0.717) is 11.5 Å². The fraction of sp³-hybridized carbons (Fsp3) is 0.286. The minimum Gasteiger partial charge on any atom is -0.496 e. The quantitative estimate of drug-likeness (QED) is 0.935. The van der Waals surface area contributed by atoms with E-state index in [0.717, 1.165) is 21.4 Å². The van der Waals surface area contributed by atoms with Gasteiger partial charge in [0, 0.05) is 11.1 Å². The van der Waals surface area contributed by atoms with Gasteiger partial charge in [0.05, 0.1) is 31.0 Å². The molecule has 0 fully saturated rings. The van der Waals surface area contributed by atoms with Crippen molar-refractivity contribution in [1.82, 2.24) is 0 Å². The predicted octanol–water partition coefficient (Wildman–Crippen LogP) is 3.42. The molecular weight excluding hydrogens is 310 g/mol. The van der Waals surface area contributed by atoms with Crippen LogP contribution in [0.1, 0.15) is 22.9 Å². The molecule has 0 radical (unpaired) electrons. The van der Waals surface area contributed by atoms with Crippen LogP contribution in [0.25, 0.3) is 0 Å². The number of ether oxygens (including phenoxy) is 2. The Kier molecular flexibility index (Phi) is 4.17. The maximum Gasteiger partial charge on any atom is 0.133 e. The van der Waals surface area contributed by atoms with Gasteiger partial charge in [0.25, 0.3) is 0 Å². The Balaban J connectivity index is 2.51. The molecule has 0 spiro atoms. The highest BCUT2D eigenvalue weighted by molar-refractivity contribution is 9.10. The van der Waals surface area contributed by atoms with E-state index < -0.39 is 0 Å². The Bertz CT molecular complexity index is 580. The van der Waals surface area contributed by atoms with Gasteiger partial charge in [-0.25, -0.2) is 0 Å². The van der Waals surface area contributed by atoms with Crippen molar-refractivity contribution in [2.45, 2.75) is 13.0 Å². The number of benzene rings is 1. The molecule has 2 rings (SSSR count). The number of methoxy groups -OCH3 is 2. The summed E-state index contributed by atoms with van der Waals surface area (Å²) in [5.74, 6) is 2.23. The number of hydrogen-bond acceptors (Lipinski definition) is 4.